The van der Waals surface area contributed by atoms with Crippen LogP contribution in [0.25, 0.3) is 28.1 Å². The fraction of sp³-hybridized carbons (Fsp3) is 0. The van der Waals surface area contributed by atoms with E-state index >= 15 is 0 Å². The summed E-state index contributed by atoms with van der Waals surface area (Å²) in [5.74, 6) is 0.246. The second-order valence-corrected chi connectivity index (χ2v) is 8.23. The van der Waals surface area contributed by atoms with E-state index in [2.05, 4.69) is 20.4 Å². The summed E-state index contributed by atoms with van der Waals surface area (Å²) in [4.78, 5) is 32.6. The van der Waals surface area contributed by atoms with Crippen LogP contribution in [0.15, 0.2) is 65.5 Å². The van der Waals surface area contributed by atoms with Gasteiger partial charge in [0, 0.05) is 17.0 Å². The second kappa shape index (κ2) is 7.70. The molecule has 0 bridgehead atoms. The number of rotatable bonds is 5. The molecule has 0 unspecified atom stereocenters. The van der Waals surface area contributed by atoms with Crippen molar-refractivity contribution in [2.45, 2.75) is 0 Å². The van der Waals surface area contributed by atoms with Gasteiger partial charge in [0.05, 0.1) is 27.1 Å². The summed E-state index contributed by atoms with van der Waals surface area (Å²) < 4.78 is 1.68. The van der Waals surface area contributed by atoms with Crippen LogP contribution >= 0.6 is 22.7 Å². The van der Waals surface area contributed by atoms with Crippen LogP contribution in [-0.2, 0) is 0 Å². The van der Waals surface area contributed by atoms with Crippen molar-refractivity contribution in [3.63, 3.8) is 0 Å². The summed E-state index contributed by atoms with van der Waals surface area (Å²) in [7, 11) is 0. The Balaban J connectivity index is 1.62. The molecule has 0 saturated carbocycles. The molecule has 9 nitrogen and oxygen atoms in total. The first-order valence-corrected chi connectivity index (χ1v) is 10.8. The second-order valence-electron chi connectivity index (χ2n) is 6.39. The molecular weight excluding hydrogens is 436 g/mol. The number of aromatic nitrogens is 4. The standard InChI is InChI=1S/C20H12N6O3S2/c27-20(15-6-7-16(31-15)26(28)29)24-18-14-10-21-25(13-4-2-1-3-5-13)19(14)23-17(22-18)12-8-9-30-11-12/h1-11H,(H,22,23,24,27). The lowest BCUT2D eigenvalue weighted by molar-refractivity contribution is -0.380. The first-order valence-electron chi connectivity index (χ1n) is 8.99. The number of benzene rings is 1. The zero-order valence-electron chi connectivity index (χ0n) is 15.6. The van der Waals surface area contributed by atoms with Gasteiger partial charge in [-0.15, -0.1) is 0 Å². The molecule has 4 aromatic heterocycles. The summed E-state index contributed by atoms with van der Waals surface area (Å²) in [5.41, 5.74) is 2.17. The largest absolute Gasteiger partial charge is 0.324 e. The van der Waals surface area contributed by atoms with Crippen LogP contribution in [0.2, 0.25) is 0 Å². The molecule has 0 saturated heterocycles. The molecule has 5 aromatic rings. The van der Waals surface area contributed by atoms with Gasteiger partial charge in [-0.25, -0.2) is 14.6 Å². The molecule has 1 amide bonds. The zero-order valence-corrected chi connectivity index (χ0v) is 17.3. The van der Waals surface area contributed by atoms with Crippen molar-refractivity contribution < 1.29 is 9.72 Å². The van der Waals surface area contributed by atoms with E-state index in [0.29, 0.717) is 16.9 Å². The maximum Gasteiger partial charge on any atom is 0.324 e. The van der Waals surface area contributed by atoms with E-state index in [1.165, 1.54) is 23.5 Å². The molecule has 1 N–H and O–H groups in total. The quantitative estimate of drug-likeness (QED) is 0.306. The molecule has 11 heteroatoms. The minimum atomic E-state index is -0.525. The van der Waals surface area contributed by atoms with Crippen LogP contribution in [-0.4, -0.2) is 30.6 Å². The topological polar surface area (TPSA) is 116 Å². The van der Waals surface area contributed by atoms with Gasteiger partial charge >= 0.3 is 5.00 Å². The summed E-state index contributed by atoms with van der Waals surface area (Å²) in [6, 6.07) is 14.1. The zero-order chi connectivity index (χ0) is 21.4. The number of hydrogen-bond acceptors (Lipinski definition) is 8. The first-order chi connectivity index (χ1) is 15.1. The minimum Gasteiger partial charge on any atom is -0.305 e. The molecule has 0 aliphatic heterocycles. The van der Waals surface area contributed by atoms with Crippen molar-refractivity contribution in [2.75, 3.05) is 5.32 Å². The van der Waals surface area contributed by atoms with Crippen LogP contribution < -0.4 is 5.32 Å². The number of fused-ring (bicyclic) bond motifs is 1. The third kappa shape index (κ3) is 3.56. The molecule has 5 rings (SSSR count). The summed E-state index contributed by atoms with van der Waals surface area (Å²) in [6.45, 7) is 0. The maximum absolute atomic E-state index is 12.8. The number of nitro groups is 1. The Bertz CT molecular complexity index is 1410. The first kappa shape index (κ1) is 19.0. The highest BCUT2D eigenvalue weighted by molar-refractivity contribution is 7.17. The van der Waals surface area contributed by atoms with E-state index in [0.717, 1.165) is 22.6 Å². The average molecular weight is 448 g/mol. The Hall–Kier alpha value is -3.96. The molecule has 0 spiro atoms. The van der Waals surface area contributed by atoms with Crippen molar-refractivity contribution >= 4 is 50.4 Å². The van der Waals surface area contributed by atoms with Gasteiger partial charge < -0.3 is 5.32 Å². The van der Waals surface area contributed by atoms with E-state index < -0.39 is 10.8 Å². The highest BCUT2D eigenvalue weighted by Crippen LogP contribution is 2.29. The van der Waals surface area contributed by atoms with E-state index in [9.17, 15) is 14.9 Å². The van der Waals surface area contributed by atoms with Gasteiger partial charge in [-0.2, -0.15) is 16.4 Å². The number of amides is 1. The van der Waals surface area contributed by atoms with Gasteiger partial charge in [0.25, 0.3) is 5.91 Å². The van der Waals surface area contributed by atoms with Gasteiger partial charge in [-0.1, -0.05) is 29.5 Å². The third-order valence-electron chi connectivity index (χ3n) is 4.44. The predicted molar refractivity (Wildman–Crippen MR) is 119 cm³/mol. The molecule has 0 aliphatic carbocycles. The number of hydrogen-bond donors (Lipinski definition) is 1. The fourth-order valence-corrected chi connectivity index (χ4v) is 4.35. The van der Waals surface area contributed by atoms with Crippen LogP contribution in [0, 0.1) is 10.1 Å². The monoisotopic (exact) mass is 448 g/mol. The van der Waals surface area contributed by atoms with Crippen LogP contribution in [0.1, 0.15) is 9.67 Å². The average Bonchev–Trinajstić information content (AvgIpc) is 3.54. The van der Waals surface area contributed by atoms with Gasteiger partial charge in [-0.3, -0.25) is 14.9 Å². The lowest BCUT2D eigenvalue weighted by atomic mass is 10.3. The van der Waals surface area contributed by atoms with Crippen molar-refractivity contribution in [1.29, 1.82) is 0 Å². The molecule has 31 heavy (non-hydrogen) atoms. The van der Waals surface area contributed by atoms with Gasteiger partial charge in [-0.05, 0) is 29.6 Å². The fourth-order valence-electron chi connectivity index (χ4n) is 3.00. The molecule has 4 heterocycles. The number of carbonyl (C=O) groups is 1. The van der Waals surface area contributed by atoms with Gasteiger partial charge in [0.1, 0.15) is 5.82 Å². The van der Waals surface area contributed by atoms with Crippen molar-refractivity contribution in [1.82, 2.24) is 19.7 Å². The van der Waals surface area contributed by atoms with Gasteiger partial charge in [0.2, 0.25) is 0 Å². The highest BCUT2D eigenvalue weighted by atomic mass is 32.1. The van der Waals surface area contributed by atoms with Crippen molar-refractivity contribution in [3.05, 3.63) is 80.5 Å². The van der Waals surface area contributed by atoms with E-state index in [1.54, 1.807) is 10.9 Å². The molecule has 0 aliphatic rings. The van der Waals surface area contributed by atoms with Gasteiger partial charge in [0.15, 0.2) is 11.5 Å². The predicted octanol–water partition coefficient (Wildman–Crippen LogP) is 4.77. The van der Waals surface area contributed by atoms with Crippen molar-refractivity contribution in [2.24, 2.45) is 0 Å². The van der Waals surface area contributed by atoms with Crippen LogP contribution in [0.4, 0.5) is 10.8 Å². The van der Waals surface area contributed by atoms with E-state index in [1.807, 2.05) is 47.2 Å². The Morgan fingerprint density at radius 2 is 1.94 bits per heavy atom. The smallest absolute Gasteiger partial charge is 0.305 e. The summed E-state index contributed by atoms with van der Waals surface area (Å²) in [6.07, 6.45) is 1.59. The molecule has 0 radical (unpaired) electrons. The van der Waals surface area contributed by atoms with Crippen LogP contribution in [0.5, 0.6) is 0 Å². The lowest BCUT2D eigenvalue weighted by Gasteiger charge is -2.08. The minimum absolute atomic E-state index is 0.103. The van der Waals surface area contributed by atoms with E-state index in [4.69, 9.17) is 0 Å². The number of para-hydroxylation sites is 1. The number of nitrogens with one attached hydrogen (secondary N) is 1. The number of nitrogens with zero attached hydrogens (tertiary/aromatic N) is 5. The number of anilines is 1. The Morgan fingerprint density at radius 3 is 2.65 bits per heavy atom. The number of carbonyl (C=O) groups excluding carboxylic acids is 1. The van der Waals surface area contributed by atoms with Crippen LogP contribution in [0.3, 0.4) is 0 Å². The Morgan fingerprint density at radius 1 is 1.10 bits per heavy atom. The Kier molecular flexibility index (Phi) is 4.73. The van der Waals surface area contributed by atoms with E-state index in [-0.39, 0.29) is 15.7 Å². The molecule has 0 atom stereocenters. The molecule has 152 valence electrons. The normalized spacial score (nSPS) is 11.0. The Labute approximate surface area is 182 Å². The maximum atomic E-state index is 12.8. The highest BCUT2D eigenvalue weighted by Gasteiger charge is 2.20. The summed E-state index contributed by atoms with van der Waals surface area (Å²) >= 11 is 2.32. The lowest BCUT2D eigenvalue weighted by Crippen LogP contribution is -2.12. The third-order valence-corrected chi connectivity index (χ3v) is 6.15. The number of thiophene rings is 2. The molecule has 0 fully saturated rings. The molecular formula is C20H12N6O3S2. The summed E-state index contributed by atoms with van der Waals surface area (Å²) in [5, 5.41) is 22.4. The SMILES string of the molecule is O=C(Nc1nc(-c2ccsc2)nc2c1cnn2-c1ccccc1)c1ccc([N+](=O)[O-])s1. The van der Waals surface area contributed by atoms with Crippen molar-refractivity contribution in [3.8, 4) is 17.1 Å². The molecule has 1 aromatic carbocycles.